The SMILES string of the molecule is CC(CC1OC(C)(C)OCC1NN)C1(C)COC1. The van der Waals surface area contributed by atoms with Crippen LogP contribution in [0.25, 0.3) is 0 Å². The summed E-state index contributed by atoms with van der Waals surface area (Å²) in [6.45, 7) is 10.7. The summed E-state index contributed by atoms with van der Waals surface area (Å²) in [6.07, 6.45) is 1.06. The number of nitrogens with one attached hydrogen (secondary N) is 1. The van der Waals surface area contributed by atoms with Gasteiger partial charge in [0.25, 0.3) is 0 Å². The van der Waals surface area contributed by atoms with Crippen molar-refractivity contribution in [1.82, 2.24) is 5.43 Å². The lowest BCUT2D eigenvalue weighted by molar-refractivity contribution is -0.288. The predicted octanol–water partition coefficient (Wildman–Crippen LogP) is 1.03. The van der Waals surface area contributed by atoms with Crippen molar-refractivity contribution in [2.24, 2.45) is 17.2 Å². The molecular weight excluding hydrogens is 232 g/mol. The molecule has 106 valence electrons. The Labute approximate surface area is 109 Å². The quantitative estimate of drug-likeness (QED) is 0.582. The van der Waals surface area contributed by atoms with Crippen molar-refractivity contribution in [3.05, 3.63) is 0 Å². The van der Waals surface area contributed by atoms with Gasteiger partial charge in [0, 0.05) is 5.41 Å². The molecule has 2 aliphatic rings. The number of hydrazine groups is 1. The van der Waals surface area contributed by atoms with Gasteiger partial charge in [0.1, 0.15) is 0 Å². The minimum Gasteiger partial charge on any atom is -0.380 e. The minimum atomic E-state index is -0.519. The number of nitrogens with two attached hydrogens (primary N) is 1. The molecule has 3 N–H and O–H groups in total. The van der Waals surface area contributed by atoms with Gasteiger partial charge in [0.05, 0.1) is 32.0 Å². The van der Waals surface area contributed by atoms with Gasteiger partial charge in [-0.15, -0.1) is 0 Å². The zero-order valence-corrected chi connectivity index (χ0v) is 11.9. The molecule has 2 heterocycles. The van der Waals surface area contributed by atoms with Crippen LogP contribution in [0.4, 0.5) is 0 Å². The van der Waals surface area contributed by atoms with E-state index < -0.39 is 5.79 Å². The molecule has 2 rings (SSSR count). The van der Waals surface area contributed by atoms with Crippen molar-refractivity contribution in [1.29, 1.82) is 0 Å². The second-order valence-electron chi connectivity index (χ2n) is 6.42. The highest BCUT2D eigenvalue weighted by atomic mass is 16.7. The fourth-order valence-electron chi connectivity index (χ4n) is 2.59. The topological polar surface area (TPSA) is 65.7 Å². The number of ether oxygens (including phenoxy) is 3. The monoisotopic (exact) mass is 258 g/mol. The van der Waals surface area contributed by atoms with E-state index in [0.717, 1.165) is 19.6 Å². The van der Waals surface area contributed by atoms with Crippen LogP contribution in [0.3, 0.4) is 0 Å². The van der Waals surface area contributed by atoms with Crippen molar-refractivity contribution in [3.8, 4) is 0 Å². The van der Waals surface area contributed by atoms with Crippen LogP contribution in [-0.4, -0.2) is 37.8 Å². The normalized spacial score (nSPS) is 35.8. The van der Waals surface area contributed by atoms with Crippen molar-refractivity contribution in [2.45, 2.75) is 52.0 Å². The van der Waals surface area contributed by atoms with Gasteiger partial charge in [0.15, 0.2) is 5.79 Å². The Morgan fingerprint density at radius 3 is 2.50 bits per heavy atom. The van der Waals surface area contributed by atoms with Crippen LogP contribution in [0, 0.1) is 11.3 Å². The van der Waals surface area contributed by atoms with E-state index >= 15 is 0 Å². The Balaban J connectivity index is 1.96. The molecule has 0 amide bonds. The molecule has 5 heteroatoms. The fourth-order valence-corrected chi connectivity index (χ4v) is 2.59. The van der Waals surface area contributed by atoms with Crippen molar-refractivity contribution >= 4 is 0 Å². The van der Waals surface area contributed by atoms with Gasteiger partial charge < -0.3 is 14.2 Å². The van der Waals surface area contributed by atoms with Crippen LogP contribution >= 0.6 is 0 Å². The van der Waals surface area contributed by atoms with Gasteiger partial charge in [-0.2, -0.15) is 0 Å². The molecule has 3 atom stereocenters. The van der Waals surface area contributed by atoms with Crippen LogP contribution < -0.4 is 11.3 Å². The Morgan fingerprint density at radius 2 is 2.00 bits per heavy atom. The largest absolute Gasteiger partial charge is 0.380 e. The molecule has 0 aromatic rings. The Bertz CT molecular complexity index is 292. The van der Waals surface area contributed by atoms with E-state index in [1.807, 2.05) is 13.8 Å². The maximum Gasteiger partial charge on any atom is 0.163 e. The van der Waals surface area contributed by atoms with E-state index in [0.29, 0.717) is 12.5 Å². The number of rotatable bonds is 4. The molecule has 0 radical (unpaired) electrons. The van der Waals surface area contributed by atoms with Crippen LogP contribution in [-0.2, 0) is 14.2 Å². The molecule has 0 spiro atoms. The number of hydrogen-bond donors (Lipinski definition) is 2. The lowest BCUT2D eigenvalue weighted by atomic mass is 9.73. The summed E-state index contributed by atoms with van der Waals surface area (Å²) in [6, 6.07) is 0.0602. The van der Waals surface area contributed by atoms with Crippen molar-refractivity contribution in [2.75, 3.05) is 19.8 Å². The van der Waals surface area contributed by atoms with Crippen LogP contribution in [0.5, 0.6) is 0 Å². The Morgan fingerprint density at radius 1 is 1.33 bits per heavy atom. The van der Waals surface area contributed by atoms with Crippen LogP contribution in [0.2, 0.25) is 0 Å². The summed E-state index contributed by atoms with van der Waals surface area (Å²) < 4.78 is 17.0. The highest BCUT2D eigenvalue weighted by molar-refractivity contribution is 4.90. The van der Waals surface area contributed by atoms with Gasteiger partial charge in [-0.05, 0) is 26.2 Å². The minimum absolute atomic E-state index is 0.0602. The summed E-state index contributed by atoms with van der Waals surface area (Å²) in [5, 5.41) is 0. The fraction of sp³-hybridized carbons (Fsp3) is 1.00. The van der Waals surface area contributed by atoms with Gasteiger partial charge in [-0.1, -0.05) is 13.8 Å². The predicted molar refractivity (Wildman–Crippen MR) is 68.7 cm³/mol. The summed E-state index contributed by atoms with van der Waals surface area (Å²) in [4.78, 5) is 0. The summed E-state index contributed by atoms with van der Waals surface area (Å²) in [5.41, 5.74) is 3.09. The third-order valence-corrected chi connectivity index (χ3v) is 4.35. The molecule has 0 aliphatic carbocycles. The third-order valence-electron chi connectivity index (χ3n) is 4.35. The average molecular weight is 258 g/mol. The molecule has 2 fully saturated rings. The van der Waals surface area contributed by atoms with Crippen LogP contribution in [0.15, 0.2) is 0 Å². The molecular formula is C13H26N2O3. The van der Waals surface area contributed by atoms with E-state index in [-0.39, 0.29) is 17.6 Å². The standard InChI is InChI=1S/C13H26N2O3/c1-9(13(4)7-16-8-13)5-11-10(15-14)6-17-12(2,3)18-11/h9-11,15H,5-8,14H2,1-4H3. The second kappa shape index (κ2) is 5.06. The maximum absolute atomic E-state index is 6.01. The smallest absolute Gasteiger partial charge is 0.163 e. The first kappa shape index (κ1) is 14.2. The second-order valence-corrected chi connectivity index (χ2v) is 6.42. The molecule has 0 aromatic heterocycles. The molecule has 0 saturated carbocycles. The molecule has 2 aliphatic heterocycles. The lowest BCUT2D eigenvalue weighted by Crippen LogP contribution is -2.58. The van der Waals surface area contributed by atoms with E-state index in [4.69, 9.17) is 20.1 Å². The summed E-state index contributed by atoms with van der Waals surface area (Å²) >= 11 is 0. The van der Waals surface area contributed by atoms with Crippen LogP contribution in [0.1, 0.15) is 34.1 Å². The maximum atomic E-state index is 6.01. The molecule has 0 aromatic carbocycles. The lowest BCUT2D eigenvalue weighted by Gasteiger charge is -2.47. The molecule has 0 bridgehead atoms. The highest BCUT2D eigenvalue weighted by Crippen LogP contribution is 2.39. The first-order valence-electron chi connectivity index (χ1n) is 6.72. The summed E-state index contributed by atoms with van der Waals surface area (Å²) in [5.74, 6) is 5.60. The molecule has 5 nitrogen and oxygen atoms in total. The van der Waals surface area contributed by atoms with Crippen molar-refractivity contribution in [3.63, 3.8) is 0 Å². The van der Waals surface area contributed by atoms with E-state index in [1.54, 1.807) is 0 Å². The van der Waals surface area contributed by atoms with E-state index in [2.05, 4.69) is 19.3 Å². The Kier molecular flexibility index (Phi) is 3.99. The van der Waals surface area contributed by atoms with Gasteiger partial charge in [0.2, 0.25) is 0 Å². The van der Waals surface area contributed by atoms with Crippen molar-refractivity contribution < 1.29 is 14.2 Å². The van der Waals surface area contributed by atoms with Gasteiger partial charge >= 0.3 is 0 Å². The van der Waals surface area contributed by atoms with E-state index in [9.17, 15) is 0 Å². The average Bonchev–Trinajstić information content (AvgIpc) is 2.25. The van der Waals surface area contributed by atoms with E-state index in [1.165, 1.54) is 0 Å². The van der Waals surface area contributed by atoms with Gasteiger partial charge in [-0.3, -0.25) is 11.3 Å². The molecule has 18 heavy (non-hydrogen) atoms. The summed E-state index contributed by atoms with van der Waals surface area (Å²) in [7, 11) is 0. The zero-order valence-electron chi connectivity index (χ0n) is 11.9. The molecule has 3 unspecified atom stereocenters. The highest BCUT2D eigenvalue weighted by Gasteiger charge is 2.43. The third kappa shape index (κ3) is 2.86. The van der Waals surface area contributed by atoms with Gasteiger partial charge in [-0.25, -0.2) is 0 Å². The molecule has 2 saturated heterocycles. The first-order valence-corrected chi connectivity index (χ1v) is 6.72. The first-order chi connectivity index (χ1) is 8.36. The zero-order chi connectivity index (χ0) is 13.4. The number of hydrogen-bond acceptors (Lipinski definition) is 5. The Hall–Kier alpha value is -0.200.